The molecule has 1 aliphatic carbocycles. The summed E-state index contributed by atoms with van der Waals surface area (Å²) in [6.45, 7) is 9.10. The molecule has 0 aromatic heterocycles. The van der Waals surface area contributed by atoms with Crippen LogP contribution in [0.3, 0.4) is 0 Å². The highest BCUT2D eigenvalue weighted by Crippen LogP contribution is 2.34. The molecule has 0 radical (unpaired) electrons. The number of carbonyl (C=O) groups is 1. The van der Waals surface area contributed by atoms with Gasteiger partial charge in [-0.15, -0.1) is 0 Å². The van der Waals surface area contributed by atoms with Crippen LogP contribution >= 0.6 is 0 Å². The largest absolute Gasteiger partial charge is 0.378 e. The van der Waals surface area contributed by atoms with Crippen molar-refractivity contribution in [3.8, 4) is 0 Å². The van der Waals surface area contributed by atoms with Gasteiger partial charge in [-0.1, -0.05) is 13.5 Å². The Morgan fingerprint density at radius 2 is 1.96 bits per heavy atom. The Morgan fingerprint density at radius 3 is 2.64 bits per heavy atom. The summed E-state index contributed by atoms with van der Waals surface area (Å²) in [5, 5.41) is 0. The van der Waals surface area contributed by atoms with Crippen LogP contribution in [0.4, 0.5) is 0 Å². The molecule has 2 aliphatic rings. The van der Waals surface area contributed by atoms with Crippen LogP contribution in [-0.4, -0.2) is 50.2 Å². The van der Waals surface area contributed by atoms with Gasteiger partial charge < -0.3 is 18.9 Å². The molecular formula is C20H34O5. The van der Waals surface area contributed by atoms with Gasteiger partial charge in [0.1, 0.15) is 6.61 Å². The number of hydrogen-bond donors (Lipinski definition) is 0. The molecule has 0 amide bonds. The summed E-state index contributed by atoms with van der Waals surface area (Å²) >= 11 is 0. The molecule has 1 saturated heterocycles. The Morgan fingerprint density at radius 1 is 1.20 bits per heavy atom. The maximum absolute atomic E-state index is 11.0. The summed E-state index contributed by atoms with van der Waals surface area (Å²) in [5.41, 5.74) is 0. The molecule has 5 nitrogen and oxygen atoms in total. The zero-order valence-electron chi connectivity index (χ0n) is 15.8. The molecule has 1 heterocycles. The normalized spacial score (nSPS) is 33.1. The van der Waals surface area contributed by atoms with Crippen molar-refractivity contribution in [2.75, 3.05) is 19.8 Å². The fraction of sp³-hybridized carbons (Fsp3) is 0.850. The van der Waals surface area contributed by atoms with Crippen LogP contribution < -0.4 is 0 Å². The second kappa shape index (κ2) is 11.1. The van der Waals surface area contributed by atoms with E-state index >= 15 is 0 Å². The Balaban J connectivity index is 1.57. The van der Waals surface area contributed by atoms with E-state index in [9.17, 15) is 4.79 Å². The number of hydrogen-bond acceptors (Lipinski definition) is 5. The minimum atomic E-state index is -0.0778. The van der Waals surface area contributed by atoms with E-state index in [0.717, 1.165) is 44.9 Å². The van der Waals surface area contributed by atoms with E-state index in [4.69, 9.17) is 18.9 Å². The Hall–Kier alpha value is -0.750. The highest BCUT2D eigenvalue weighted by molar-refractivity contribution is 5.90. The summed E-state index contributed by atoms with van der Waals surface area (Å²) in [5.74, 6) is 0.413. The molecule has 0 aromatic carbocycles. The van der Waals surface area contributed by atoms with Gasteiger partial charge in [0.25, 0.3) is 0 Å². The fourth-order valence-electron chi connectivity index (χ4n) is 3.59. The maximum atomic E-state index is 11.0. The first-order valence-electron chi connectivity index (χ1n) is 9.77. The monoisotopic (exact) mass is 354 g/mol. The average molecular weight is 354 g/mol. The lowest BCUT2D eigenvalue weighted by atomic mass is 9.86. The van der Waals surface area contributed by atoms with Gasteiger partial charge in [-0.2, -0.15) is 0 Å². The van der Waals surface area contributed by atoms with Crippen molar-refractivity contribution < 1.29 is 23.7 Å². The minimum Gasteiger partial charge on any atom is -0.378 e. The third-order valence-electron chi connectivity index (χ3n) is 5.11. The van der Waals surface area contributed by atoms with Gasteiger partial charge in [0.15, 0.2) is 12.1 Å². The molecule has 3 atom stereocenters. The van der Waals surface area contributed by atoms with Crippen LogP contribution in [-0.2, 0) is 23.7 Å². The highest BCUT2D eigenvalue weighted by Gasteiger charge is 2.35. The highest BCUT2D eigenvalue weighted by atomic mass is 16.7. The molecule has 1 saturated carbocycles. The maximum Gasteiger partial charge on any atom is 0.180 e. The lowest BCUT2D eigenvalue weighted by molar-refractivity contribution is -0.264. The number of ether oxygens (including phenoxy) is 4. The zero-order valence-corrected chi connectivity index (χ0v) is 15.8. The molecule has 144 valence electrons. The second-order valence-corrected chi connectivity index (χ2v) is 7.20. The van der Waals surface area contributed by atoms with Gasteiger partial charge in [0.2, 0.25) is 0 Å². The molecule has 0 N–H and O–H groups in total. The van der Waals surface area contributed by atoms with Crippen molar-refractivity contribution in [3.63, 3.8) is 0 Å². The SMILES string of the molecule is C=CC(=O)COCCCOC1CCC(C2OC(C)CC(CC)O2)CC1. The summed E-state index contributed by atoms with van der Waals surface area (Å²) in [4.78, 5) is 11.0. The van der Waals surface area contributed by atoms with Gasteiger partial charge in [-0.25, -0.2) is 0 Å². The Bertz CT molecular complexity index is 403. The molecule has 0 bridgehead atoms. The number of rotatable bonds is 10. The van der Waals surface area contributed by atoms with Crippen molar-refractivity contribution >= 4 is 5.78 Å². The summed E-state index contributed by atoms with van der Waals surface area (Å²) in [6.07, 6.45) is 9.43. The van der Waals surface area contributed by atoms with E-state index in [-0.39, 0.29) is 18.7 Å². The van der Waals surface area contributed by atoms with Crippen LogP contribution in [0.1, 0.15) is 58.8 Å². The number of carbonyl (C=O) groups excluding carboxylic acids is 1. The molecule has 2 fully saturated rings. The summed E-state index contributed by atoms with van der Waals surface area (Å²) in [6, 6.07) is 0. The molecule has 1 aliphatic heterocycles. The third kappa shape index (κ3) is 7.18. The van der Waals surface area contributed by atoms with Gasteiger partial charge in [0.05, 0.1) is 18.3 Å². The molecule has 25 heavy (non-hydrogen) atoms. The molecule has 3 unspecified atom stereocenters. The van der Waals surface area contributed by atoms with Gasteiger partial charge in [0, 0.05) is 19.1 Å². The predicted molar refractivity (Wildman–Crippen MR) is 96.5 cm³/mol. The molecule has 0 aromatic rings. The zero-order chi connectivity index (χ0) is 18.1. The molecule has 0 spiro atoms. The molecule has 2 rings (SSSR count). The van der Waals surface area contributed by atoms with Crippen molar-refractivity contribution in [1.29, 1.82) is 0 Å². The quantitative estimate of drug-likeness (QED) is 0.443. The smallest absolute Gasteiger partial charge is 0.180 e. The van der Waals surface area contributed by atoms with Crippen molar-refractivity contribution in [3.05, 3.63) is 12.7 Å². The summed E-state index contributed by atoms with van der Waals surface area (Å²) in [7, 11) is 0. The first-order chi connectivity index (χ1) is 12.1. The number of ketones is 1. The van der Waals surface area contributed by atoms with Gasteiger partial charge in [-0.05, 0) is 57.9 Å². The van der Waals surface area contributed by atoms with Crippen molar-refractivity contribution in [2.24, 2.45) is 5.92 Å². The van der Waals surface area contributed by atoms with Gasteiger partial charge >= 0.3 is 0 Å². The van der Waals surface area contributed by atoms with Crippen LogP contribution in [0, 0.1) is 5.92 Å². The van der Waals surface area contributed by atoms with E-state index < -0.39 is 0 Å². The first kappa shape index (κ1) is 20.6. The van der Waals surface area contributed by atoms with Crippen molar-refractivity contribution in [2.45, 2.75) is 83.4 Å². The average Bonchev–Trinajstić information content (AvgIpc) is 2.64. The molecule has 5 heteroatoms. The Kier molecular flexibility index (Phi) is 9.10. The van der Waals surface area contributed by atoms with Crippen molar-refractivity contribution in [1.82, 2.24) is 0 Å². The van der Waals surface area contributed by atoms with E-state index in [1.165, 1.54) is 6.08 Å². The standard InChI is InChI=1S/C20H34O5/c1-4-17(21)14-22-11-6-12-23-19-9-7-16(8-10-19)20-24-15(3)13-18(5-2)25-20/h4,15-16,18-20H,1,5-14H2,2-3H3. The minimum absolute atomic E-state index is 0.0366. The first-order valence-corrected chi connectivity index (χ1v) is 9.77. The topological polar surface area (TPSA) is 54.0 Å². The Labute approximate surface area is 152 Å². The third-order valence-corrected chi connectivity index (χ3v) is 5.11. The lowest BCUT2D eigenvalue weighted by Crippen LogP contribution is -2.42. The van der Waals surface area contributed by atoms with Crippen LogP contribution in [0.5, 0.6) is 0 Å². The van der Waals surface area contributed by atoms with Crippen LogP contribution in [0.25, 0.3) is 0 Å². The fourth-order valence-corrected chi connectivity index (χ4v) is 3.59. The van der Waals surface area contributed by atoms with E-state index in [1.807, 2.05) is 0 Å². The van der Waals surface area contributed by atoms with Gasteiger partial charge in [-0.3, -0.25) is 4.79 Å². The summed E-state index contributed by atoms with van der Waals surface area (Å²) < 4.78 is 23.4. The second-order valence-electron chi connectivity index (χ2n) is 7.20. The van der Waals surface area contributed by atoms with Crippen LogP contribution in [0.2, 0.25) is 0 Å². The predicted octanol–water partition coefficient (Wildman–Crippen LogP) is 3.65. The van der Waals surface area contributed by atoms with Crippen LogP contribution in [0.15, 0.2) is 12.7 Å². The molecular weight excluding hydrogens is 320 g/mol. The lowest BCUT2D eigenvalue weighted by Gasteiger charge is -2.40. The van der Waals surface area contributed by atoms with E-state index in [0.29, 0.717) is 37.4 Å². The van der Waals surface area contributed by atoms with E-state index in [1.54, 1.807) is 0 Å². The van der Waals surface area contributed by atoms with E-state index in [2.05, 4.69) is 20.4 Å².